The molecular weight excluding hydrogens is 430 g/mol. The molecule has 0 saturated heterocycles. The third-order valence-electron chi connectivity index (χ3n) is 6.63. The predicted molar refractivity (Wildman–Crippen MR) is 143 cm³/mol. The minimum Gasteiger partial charge on any atom is -0.352 e. The number of benzene rings is 3. The molecule has 1 aliphatic carbocycles. The number of allylic oxidation sites excluding steroid dienone is 1. The van der Waals surface area contributed by atoms with Gasteiger partial charge in [0, 0.05) is 23.2 Å². The van der Waals surface area contributed by atoms with Crippen LogP contribution in [0.25, 0.3) is 33.5 Å². The maximum atomic E-state index is 12.9. The molecule has 3 aromatic carbocycles. The highest BCUT2D eigenvalue weighted by molar-refractivity contribution is 5.98. The summed E-state index contributed by atoms with van der Waals surface area (Å²) >= 11 is 0. The van der Waals surface area contributed by atoms with Gasteiger partial charge in [0.25, 0.3) is 5.91 Å². The van der Waals surface area contributed by atoms with Crippen molar-refractivity contribution in [2.75, 3.05) is 6.54 Å². The van der Waals surface area contributed by atoms with Crippen molar-refractivity contribution in [2.24, 2.45) is 0 Å². The molecule has 0 radical (unpaired) electrons. The lowest BCUT2D eigenvalue weighted by Gasteiger charge is -2.14. The van der Waals surface area contributed by atoms with Crippen LogP contribution >= 0.6 is 0 Å². The first-order valence-electron chi connectivity index (χ1n) is 12.5. The molecule has 1 heterocycles. The van der Waals surface area contributed by atoms with E-state index in [9.17, 15) is 4.79 Å². The summed E-state index contributed by atoms with van der Waals surface area (Å²) in [6.45, 7) is 4.82. The average Bonchev–Trinajstić information content (AvgIpc) is 2.88. The Kier molecular flexibility index (Phi) is 6.71. The number of fused-ring (bicyclic) bond motifs is 1. The monoisotopic (exact) mass is 461 g/mol. The first kappa shape index (κ1) is 23.0. The molecule has 1 N–H and O–H groups in total. The number of nitrogens with zero attached hydrogens (tertiary/aromatic N) is 2. The van der Waals surface area contributed by atoms with E-state index in [4.69, 9.17) is 9.97 Å². The zero-order valence-electron chi connectivity index (χ0n) is 20.5. The summed E-state index contributed by atoms with van der Waals surface area (Å²) in [6, 6.07) is 22.3. The molecule has 5 rings (SSSR count). The molecule has 176 valence electrons. The first-order chi connectivity index (χ1) is 17.1. The fourth-order valence-corrected chi connectivity index (χ4v) is 4.75. The molecule has 0 aliphatic heterocycles. The largest absolute Gasteiger partial charge is 0.352 e. The van der Waals surface area contributed by atoms with Crippen LogP contribution in [0.5, 0.6) is 0 Å². The Morgan fingerprint density at radius 3 is 2.14 bits per heavy atom. The highest BCUT2D eigenvalue weighted by atomic mass is 16.1. The molecular formula is C31H31N3O. The third-order valence-corrected chi connectivity index (χ3v) is 6.63. The molecule has 0 unspecified atom stereocenters. The Labute approximate surface area is 207 Å². The van der Waals surface area contributed by atoms with E-state index in [1.54, 1.807) is 0 Å². The van der Waals surface area contributed by atoms with Crippen molar-refractivity contribution in [2.45, 2.75) is 46.0 Å². The Morgan fingerprint density at radius 1 is 0.829 bits per heavy atom. The van der Waals surface area contributed by atoms with Crippen LogP contribution in [0.2, 0.25) is 0 Å². The van der Waals surface area contributed by atoms with E-state index < -0.39 is 0 Å². The van der Waals surface area contributed by atoms with Crippen molar-refractivity contribution in [1.82, 2.24) is 15.3 Å². The normalized spacial score (nSPS) is 13.5. The lowest BCUT2D eigenvalue weighted by Crippen LogP contribution is -2.24. The number of aromatic nitrogens is 2. The number of aryl methyl sites for hydroxylation is 2. The number of amides is 1. The van der Waals surface area contributed by atoms with E-state index in [1.165, 1.54) is 36.0 Å². The second kappa shape index (κ2) is 10.2. The molecule has 4 nitrogen and oxygen atoms in total. The lowest BCUT2D eigenvalue weighted by atomic mass is 9.97. The summed E-state index contributed by atoms with van der Waals surface area (Å²) in [7, 11) is 0. The summed E-state index contributed by atoms with van der Waals surface area (Å²) in [5.74, 6) is -0.0648. The van der Waals surface area contributed by atoms with Crippen LogP contribution in [0.1, 0.15) is 53.6 Å². The fraction of sp³-hybridized carbons (Fsp3) is 0.258. The fourth-order valence-electron chi connectivity index (χ4n) is 4.75. The molecule has 0 bridgehead atoms. The molecule has 1 amide bonds. The van der Waals surface area contributed by atoms with Gasteiger partial charge in [0.2, 0.25) is 0 Å². The van der Waals surface area contributed by atoms with Crippen LogP contribution in [0.3, 0.4) is 0 Å². The van der Waals surface area contributed by atoms with Crippen LogP contribution in [-0.2, 0) is 0 Å². The van der Waals surface area contributed by atoms with Gasteiger partial charge in [-0.3, -0.25) is 4.79 Å². The SMILES string of the molecule is Cc1cccc(-c2nc3ccc(C(=O)NCCC4=CCCCC4)cc3nc2-c2cccc(C)c2)c1. The van der Waals surface area contributed by atoms with E-state index >= 15 is 0 Å². The molecule has 0 spiro atoms. The Balaban J connectivity index is 1.48. The van der Waals surface area contributed by atoms with Gasteiger partial charge in [-0.15, -0.1) is 0 Å². The smallest absolute Gasteiger partial charge is 0.251 e. The second-order valence-corrected chi connectivity index (χ2v) is 9.48. The van der Waals surface area contributed by atoms with Gasteiger partial charge in [0.05, 0.1) is 22.4 Å². The van der Waals surface area contributed by atoms with Gasteiger partial charge in [0.1, 0.15) is 0 Å². The average molecular weight is 462 g/mol. The summed E-state index contributed by atoms with van der Waals surface area (Å²) in [6.07, 6.45) is 8.13. The highest BCUT2D eigenvalue weighted by Gasteiger charge is 2.15. The van der Waals surface area contributed by atoms with Crippen molar-refractivity contribution in [3.63, 3.8) is 0 Å². The molecule has 1 aromatic heterocycles. The third kappa shape index (κ3) is 5.32. The number of carbonyl (C=O) groups is 1. The zero-order valence-corrected chi connectivity index (χ0v) is 20.5. The van der Waals surface area contributed by atoms with Crippen LogP contribution in [0.15, 0.2) is 78.4 Å². The topological polar surface area (TPSA) is 54.9 Å². The van der Waals surface area contributed by atoms with E-state index in [-0.39, 0.29) is 5.91 Å². The van der Waals surface area contributed by atoms with Gasteiger partial charge in [-0.25, -0.2) is 9.97 Å². The maximum Gasteiger partial charge on any atom is 0.251 e. The Bertz CT molecular complexity index is 1420. The van der Waals surface area contributed by atoms with Gasteiger partial charge in [-0.1, -0.05) is 59.2 Å². The number of hydrogen-bond donors (Lipinski definition) is 1. The summed E-state index contributed by atoms with van der Waals surface area (Å²) < 4.78 is 0. The first-order valence-corrected chi connectivity index (χ1v) is 12.5. The molecule has 35 heavy (non-hydrogen) atoms. The summed E-state index contributed by atoms with van der Waals surface area (Å²) in [4.78, 5) is 22.9. The zero-order chi connectivity index (χ0) is 24.2. The molecule has 4 heteroatoms. The Hall–Kier alpha value is -3.79. The van der Waals surface area contributed by atoms with Crippen LogP contribution in [0, 0.1) is 13.8 Å². The van der Waals surface area contributed by atoms with Crippen LogP contribution in [-0.4, -0.2) is 22.4 Å². The lowest BCUT2D eigenvalue weighted by molar-refractivity contribution is 0.0954. The van der Waals surface area contributed by atoms with E-state index in [0.717, 1.165) is 46.4 Å². The molecule has 0 fully saturated rings. The van der Waals surface area contributed by atoms with E-state index in [2.05, 4.69) is 61.6 Å². The Morgan fingerprint density at radius 2 is 1.51 bits per heavy atom. The number of rotatable bonds is 6. The van der Waals surface area contributed by atoms with Gasteiger partial charge in [-0.05, 0) is 76.3 Å². The van der Waals surface area contributed by atoms with Crippen LogP contribution < -0.4 is 5.32 Å². The van der Waals surface area contributed by atoms with E-state index in [0.29, 0.717) is 12.1 Å². The van der Waals surface area contributed by atoms with E-state index in [1.807, 2.05) is 30.3 Å². The maximum absolute atomic E-state index is 12.9. The predicted octanol–water partition coefficient (Wildman–Crippen LogP) is 7.20. The standard InChI is InChI=1S/C31H31N3O/c1-21-8-6-12-24(18-21)29-30(25-13-7-9-22(2)19-25)34-28-20-26(14-15-27(28)33-29)31(35)32-17-16-23-10-4-3-5-11-23/h6-10,12-15,18-20H,3-5,11,16-17H2,1-2H3,(H,32,35). The van der Waals surface area contributed by atoms with Crippen molar-refractivity contribution in [3.05, 3.63) is 95.1 Å². The number of nitrogens with one attached hydrogen (secondary N) is 1. The second-order valence-electron chi connectivity index (χ2n) is 9.48. The number of carbonyl (C=O) groups excluding carboxylic acids is 1. The highest BCUT2D eigenvalue weighted by Crippen LogP contribution is 2.32. The molecule has 0 atom stereocenters. The summed E-state index contributed by atoms with van der Waals surface area (Å²) in [5.41, 5.74) is 9.66. The van der Waals surface area contributed by atoms with Gasteiger partial charge >= 0.3 is 0 Å². The summed E-state index contributed by atoms with van der Waals surface area (Å²) in [5, 5.41) is 3.08. The van der Waals surface area contributed by atoms with Crippen molar-refractivity contribution < 1.29 is 4.79 Å². The van der Waals surface area contributed by atoms with Crippen molar-refractivity contribution in [1.29, 1.82) is 0 Å². The minimum absolute atomic E-state index is 0.0648. The van der Waals surface area contributed by atoms with Crippen LogP contribution in [0.4, 0.5) is 0 Å². The van der Waals surface area contributed by atoms with Gasteiger partial charge in [-0.2, -0.15) is 0 Å². The molecule has 0 saturated carbocycles. The quantitative estimate of drug-likeness (QED) is 0.309. The van der Waals surface area contributed by atoms with Crippen molar-refractivity contribution >= 4 is 16.9 Å². The van der Waals surface area contributed by atoms with Gasteiger partial charge < -0.3 is 5.32 Å². The molecule has 1 aliphatic rings. The van der Waals surface area contributed by atoms with Gasteiger partial charge in [0.15, 0.2) is 0 Å². The minimum atomic E-state index is -0.0648. The number of hydrogen-bond acceptors (Lipinski definition) is 3. The van der Waals surface area contributed by atoms with Crippen molar-refractivity contribution in [3.8, 4) is 22.5 Å². The molecule has 4 aromatic rings.